The van der Waals surface area contributed by atoms with Gasteiger partial charge in [-0.05, 0) is 19.8 Å². The molecule has 1 atom stereocenters. The molecule has 1 unspecified atom stereocenters. The zero-order chi connectivity index (χ0) is 17.3. The SMILES string of the molecule is CCCC(C)(N)C(=O)NCCCOc1cc(OC)cc(OC)c1.Cl. The minimum atomic E-state index is -0.810. The van der Waals surface area contributed by atoms with Gasteiger partial charge in [-0.15, -0.1) is 12.4 Å². The summed E-state index contributed by atoms with van der Waals surface area (Å²) in [6.45, 7) is 4.77. The Kier molecular flexibility index (Phi) is 10.2. The quantitative estimate of drug-likeness (QED) is 0.626. The maximum absolute atomic E-state index is 11.9. The van der Waals surface area contributed by atoms with E-state index < -0.39 is 5.54 Å². The number of carbonyl (C=O) groups excluding carboxylic acids is 1. The highest BCUT2D eigenvalue weighted by Crippen LogP contribution is 2.27. The van der Waals surface area contributed by atoms with Gasteiger partial charge in [-0.3, -0.25) is 4.79 Å². The van der Waals surface area contributed by atoms with Gasteiger partial charge in [0.15, 0.2) is 0 Å². The maximum atomic E-state index is 11.9. The molecule has 0 aromatic heterocycles. The average molecular weight is 361 g/mol. The fourth-order valence-electron chi connectivity index (χ4n) is 2.16. The van der Waals surface area contributed by atoms with Crippen molar-refractivity contribution < 1.29 is 19.0 Å². The average Bonchev–Trinajstić information content (AvgIpc) is 2.53. The molecule has 0 aliphatic rings. The third-order valence-electron chi connectivity index (χ3n) is 3.49. The Bertz CT molecular complexity index is 487. The summed E-state index contributed by atoms with van der Waals surface area (Å²) < 4.78 is 16.0. The van der Waals surface area contributed by atoms with Crippen LogP contribution in [0.5, 0.6) is 17.2 Å². The second-order valence-corrected chi connectivity index (χ2v) is 5.67. The van der Waals surface area contributed by atoms with Crippen molar-refractivity contribution in [2.45, 2.75) is 38.6 Å². The maximum Gasteiger partial charge on any atom is 0.239 e. The molecule has 1 aromatic carbocycles. The van der Waals surface area contributed by atoms with E-state index in [1.54, 1.807) is 39.3 Å². The number of halogens is 1. The van der Waals surface area contributed by atoms with Crippen LogP contribution in [0.1, 0.15) is 33.1 Å². The predicted octanol–water partition coefficient (Wildman–Crippen LogP) is 2.53. The zero-order valence-electron chi connectivity index (χ0n) is 14.9. The van der Waals surface area contributed by atoms with Crippen molar-refractivity contribution >= 4 is 18.3 Å². The number of nitrogens with one attached hydrogen (secondary N) is 1. The largest absolute Gasteiger partial charge is 0.496 e. The lowest BCUT2D eigenvalue weighted by atomic mass is 9.96. The number of methoxy groups -OCH3 is 2. The van der Waals surface area contributed by atoms with Crippen molar-refractivity contribution in [3.8, 4) is 17.2 Å². The van der Waals surface area contributed by atoms with Gasteiger partial charge in [0.05, 0.1) is 26.4 Å². The van der Waals surface area contributed by atoms with Crippen LogP contribution in [-0.2, 0) is 4.79 Å². The van der Waals surface area contributed by atoms with E-state index in [0.717, 1.165) is 6.42 Å². The summed E-state index contributed by atoms with van der Waals surface area (Å²) in [6.07, 6.45) is 2.23. The highest BCUT2D eigenvalue weighted by atomic mass is 35.5. The van der Waals surface area contributed by atoms with Gasteiger partial charge in [0.2, 0.25) is 5.91 Å². The van der Waals surface area contributed by atoms with E-state index in [-0.39, 0.29) is 18.3 Å². The molecule has 138 valence electrons. The number of hydrogen-bond acceptors (Lipinski definition) is 5. The van der Waals surface area contributed by atoms with Gasteiger partial charge in [0.25, 0.3) is 0 Å². The summed E-state index contributed by atoms with van der Waals surface area (Å²) in [6, 6.07) is 5.36. The second kappa shape index (κ2) is 11.0. The lowest BCUT2D eigenvalue weighted by Crippen LogP contribution is -2.51. The Morgan fingerprint density at radius 3 is 2.21 bits per heavy atom. The smallest absolute Gasteiger partial charge is 0.239 e. The highest BCUT2D eigenvalue weighted by Gasteiger charge is 2.26. The van der Waals surface area contributed by atoms with E-state index in [0.29, 0.717) is 43.2 Å². The summed E-state index contributed by atoms with van der Waals surface area (Å²) in [5.41, 5.74) is 5.16. The third kappa shape index (κ3) is 7.27. The summed E-state index contributed by atoms with van der Waals surface area (Å²) >= 11 is 0. The third-order valence-corrected chi connectivity index (χ3v) is 3.49. The van der Waals surface area contributed by atoms with E-state index in [1.165, 1.54) is 0 Å². The van der Waals surface area contributed by atoms with Crippen LogP contribution in [0.15, 0.2) is 18.2 Å². The van der Waals surface area contributed by atoms with Gasteiger partial charge in [-0.2, -0.15) is 0 Å². The van der Waals surface area contributed by atoms with Gasteiger partial charge in [0.1, 0.15) is 17.2 Å². The van der Waals surface area contributed by atoms with Crippen LogP contribution < -0.4 is 25.3 Å². The zero-order valence-corrected chi connectivity index (χ0v) is 15.7. The molecule has 0 aliphatic carbocycles. The molecule has 0 saturated carbocycles. The summed E-state index contributed by atoms with van der Waals surface area (Å²) in [4.78, 5) is 11.9. The molecule has 0 radical (unpaired) electrons. The summed E-state index contributed by atoms with van der Waals surface area (Å²) in [5.74, 6) is 1.89. The Balaban J connectivity index is 0.00000529. The topological polar surface area (TPSA) is 82.8 Å². The fraction of sp³-hybridized carbons (Fsp3) is 0.588. The summed E-state index contributed by atoms with van der Waals surface area (Å²) in [7, 11) is 3.18. The minimum absolute atomic E-state index is 0. The van der Waals surface area contributed by atoms with Crippen molar-refractivity contribution in [2.24, 2.45) is 5.73 Å². The molecular weight excluding hydrogens is 332 g/mol. The molecule has 0 aliphatic heterocycles. The molecule has 0 spiro atoms. The molecule has 0 bridgehead atoms. The fourth-order valence-corrected chi connectivity index (χ4v) is 2.16. The molecular formula is C17H29ClN2O4. The van der Waals surface area contributed by atoms with Crippen LogP contribution in [-0.4, -0.2) is 38.8 Å². The van der Waals surface area contributed by atoms with Crippen LogP contribution in [0, 0.1) is 0 Å². The van der Waals surface area contributed by atoms with Gasteiger partial charge in [-0.1, -0.05) is 13.3 Å². The van der Waals surface area contributed by atoms with E-state index in [9.17, 15) is 4.79 Å². The number of carbonyl (C=O) groups is 1. The van der Waals surface area contributed by atoms with Gasteiger partial charge >= 0.3 is 0 Å². The van der Waals surface area contributed by atoms with Gasteiger partial charge in [0, 0.05) is 24.7 Å². The highest BCUT2D eigenvalue weighted by molar-refractivity contribution is 5.85. The van der Waals surface area contributed by atoms with E-state index >= 15 is 0 Å². The van der Waals surface area contributed by atoms with Crippen LogP contribution in [0.25, 0.3) is 0 Å². The second-order valence-electron chi connectivity index (χ2n) is 5.67. The lowest BCUT2D eigenvalue weighted by molar-refractivity contribution is -0.126. The minimum Gasteiger partial charge on any atom is -0.496 e. The molecule has 0 heterocycles. The van der Waals surface area contributed by atoms with E-state index in [4.69, 9.17) is 19.9 Å². The molecule has 1 aromatic rings. The molecule has 1 rings (SSSR count). The van der Waals surface area contributed by atoms with Crippen molar-refractivity contribution in [3.63, 3.8) is 0 Å². The summed E-state index contributed by atoms with van der Waals surface area (Å²) in [5, 5.41) is 2.85. The number of ether oxygens (including phenoxy) is 3. The van der Waals surface area contributed by atoms with Crippen LogP contribution in [0.3, 0.4) is 0 Å². The Labute approximate surface area is 150 Å². The number of benzene rings is 1. The number of amides is 1. The molecule has 1 amide bonds. The van der Waals surface area contributed by atoms with E-state index in [1.807, 2.05) is 6.92 Å². The molecule has 7 heteroatoms. The Morgan fingerprint density at radius 1 is 1.17 bits per heavy atom. The van der Waals surface area contributed by atoms with Crippen molar-refractivity contribution in [3.05, 3.63) is 18.2 Å². The van der Waals surface area contributed by atoms with Gasteiger partial charge < -0.3 is 25.3 Å². The molecule has 24 heavy (non-hydrogen) atoms. The molecule has 6 nitrogen and oxygen atoms in total. The number of nitrogens with two attached hydrogens (primary N) is 1. The van der Waals surface area contributed by atoms with Gasteiger partial charge in [-0.25, -0.2) is 0 Å². The monoisotopic (exact) mass is 360 g/mol. The first-order valence-electron chi connectivity index (χ1n) is 7.86. The first kappa shape index (κ1) is 22.3. The standard InChI is InChI=1S/C17H28N2O4.ClH/c1-5-7-17(2,18)16(20)19-8-6-9-23-15-11-13(21-3)10-14(12-15)22-4;/h10-12H,5-9,18H2,1-4H3,(H,19,20);1H. The van der Waals surface area contributed by atoms with Crippen LogP contribution in [0.4, 0.5) is 0 Å². The Hall–Kier alpha value is -1.66. The first-order valence-corrected chi connectivity index (χ1v) is 7.86. The molecule has 0 fully saturated rings. The van der Waals surface area contributed by atoms with E-state index in [2.05, 4.69) is 5.32 Å². The van der Waals surface area contributed by atoms with Crippen LogP contribution >= 0.6 is 12.4 Å². The van der Waals surface area contributed by atoms with Crippen molar-refractivity contribution in [1.82, 2.24) is 5.32 Å². The molecule has 0 saturated heterocycles. The van der Waals surface area contributed by atoms with Crippen LogP contribution in [0.2, 0.25) is 0 Å². The lowest BCUT2D eigenvalue weighted by Gasteiger charge is -2.22. The van der Waals surface area contributed by atoms with Crippen molar-refractivity contribution in [2.75, 3.05) is 27.4 Å². The predicted molar refractivity (Wildman–Crippen MR) is 97.4 cm³/mol. The Morgan fingerprint density at radius 2 is 1.71 bits per heavy atom. The number of rotatable bonds is 10. The number of hydrogen-bond donors (Lipinski definition) is 2. The normalized spacial score (nSPS) is 12.5. The molecule has 3 N–H and O–H groups in total. The first-order chi connectivity index (χ1) is 10.9. The van der Waals surface area contributed by atoms with Crippen molar-refractivity contribution in [1.29, 1.82) is 0 Å².